The molecule has 0 amide bonds. The van der Waals surface area contributed by atoms with Gasteiger partial charge in [0.05, 0.1) is 0 Å². The maximum Gasteiger partial charge on any atom is 0.280 e. The fourth-order valence-corrected chi connectivity index (χ4v) is 4.76. The van der Waals surface area contributed by atoms with Crippen LogP contribution in [0.5, 0.6) is 0 Å². The Labute approximate surface area is 213 Å². The van der Waals surface area contributed by atoms with Gasteiger partial charge in [-0.2, -0.15) is 5.21 Å². The van der Waals surface area contributed by atoms with Crippen LogP contribution in [0, 0.1) is 4.77 Å². The first-order valence-electron chi connectivity index (χ1n) is 12.2. The lowest BCUT2D eigenvalue weighted by Crippen LogP contribution is -2.24. The minimum atomic E-state index is -0.0866. The summed E-state index contributed by atoms with van der Waals surface area (Å²) >= 11 is 5.45. The molecule has 0 bridgehead atoms. The third kappa shape index (κ3) is 4.51. The molecule has 0 aliphatic carbocycles. The zero-order valence-electron chi connectivity index (χ0n) is 20.4. The molecule has 10 heteroatoms. The van der Waals surface area contributed by atoms with E-state index >= 15 is 0 Å². The highest BCUT2D eigenvalue weighted by Gasteiger charge is 2.17. The molecule has 2 N–H and O–H groups in total. The number of tetrazole rings is 1. The van der Waals surface area contributed by atoms with Gasteiger partial charge in [-0.25, -0.2) is 4.98 Å². The summed E-state index contributed by atoms with van der Waals surface area (Å²) in [7, 11) is 0. The molecule has 3 heterocycles. The molecule has 0 fully saturated rings. The molecule has 9 nitrogen and oxygen atoms in total. The fraction of sp³-hybridized carbons (Fsp3) is 0.308. The lowest BCUT2D eigenvalue weighted by molar-refractivity contribution is 0.632. The van der Waals surface area contributed by atoms with Gasteiger partial charge in [-0.15, -0.1) is 10.2 Å². The third-order valence-corrected chi connectivity index (χ3v) is 6.61. The van der Waals surface area contributed by atoms with Crippen LogP contribution in [-0.4, -0.2) is 39.7 Å². The second kappa shape index (κ2) is 10.4. The lowest BCUT2D eigenvalue weighted by atomic mass is 9.98. The molecule has 0 aliphatic heterocycles. The van der Waals surface area contributed by atoms with Crippen molar-refractivity contribution in [2.45, 2.75) is 52.6 Å². The number of hydrogen-bond acceptors (Lipinski definition) is 6. The van der Waals surface area contributed by atoms with Gasteiger partial charge in [0.25, 0.3) is 5.56 Å². The Bertz CT molecular complexity index is 1600. The number of aryl methyl sites for hydroxylation is 1. The van der Waals surface area contributed by atoms with Gasteiger partial charge >= 0.3 is 0 Å². The molecule has 0 atom stereocenters. The summed E-state index contributed by atoms with van der Waals surface area (Å²) in [5.41, 5.74) is 5.12. The highest BCUT2D eigenvalue weighted by atomic mass is 32.1. The predicted octanol–water partition coefficient (Wildman–Crippen LogP) is 4.90. The fourth-order valence-electron chi connectivity index (χ4n) is 4.49. The van der Waals surface area contributed by atoms with E-state index in [0.29, 0.717) is 34.8 Å². The number of hydrogen-bond donors (Lipinski definition) is 2. The second-order valence-corrected chi connectivity index (χ2v) is 9.17. The molecular weight excluding hydrogens is 472 g/mol. The van der Waals surface area contributed by atoms with Gasteiger partial charge in [-0.3, -0.25) is 9.36 Å². The number of nitrogens with zero attached hydrogens (tertiary/aromatic N) is 6. The van der Waals surface area contributed by atoms with E-state index in [9.17, 15) is 4.79 Å². The van der Waals surface area contributed by atoms with Crippen molar-refractivity contribution in [2.24, 2.45) is 0 Å². The number of aromatic nitrogens is 8. The van der Waals surface area contributed by atoms with Gasteiger partial charge in [0, 0.05) is 25.1 Å². The van der Waals surface area contributed by atoms with E-state index in [2.05, 4.69) is 56.8 Å². The summed E-state index contributed by atoms with van der Waals surface area (Å²) in [6.07, 6.45) is 3.68. The van der Waals surface area contributed by atoms with Crippen LogP contribution in [0.15, 0.2) is 53.3 Å². The standard InChI is InChI=1S/C26H28N8OS/c1-3-5-10-21-27-24-22(25(35)33(15-4-2)26(36)28-24)34(21)16-17-11-13-18(14-12-17)19-8-6-7-9-20(19)23-29-31-32-30-23/h6-9,11-14H,3-5,10,15-16H2,1-2H3,(H,28,36)(H,29,30,31,32). The predicted molar refractivity (Wildman–Crippen MR) is 142 cm³/mol. The first kappa shape index (κ1) is 23.8. The summed E-state index contributed by atoms with van der Waals surface area (Å²) in [5, 5.41) is 14.5. The van der Waals surface area contributed by atoms with Crippen LogP contribution in [0.25, 0.3) is 33.7 Å². The van der Waals surface area contributed by atoms with E-state index in [1.807, 2.05) is 35.8 Å². The number of benzene rings is 2. The zero-order valence-corrected chi connectivity index (χ0v) is 21.2. The number of H-pyrrole nitrogens is 2. The normalized spacial score (nSPS) is 11.4. The van der Waals surface area contributed by atoms with Crippen LogP contribution in [-0.2, 0) is 19.5 Å². The minimum Gasteiger partial charge on any atom is -0.318 e. The van der Waals surface area contributed by atoms with E-state index in [4.69, 9.17) is 17.2 Å². The van der Waals surface area contributed by atoms with Crippen LogP contribution in [0.2, 0.25) is 0 Å². The zero-order chi connectivity index (χ0) is 25.1. The summed E-state index contributed by atoms with van der Waals surface area (Å²) < 4.78 is 4.11. The average molecular weight is 501 g/mol. The summed E-state index contributed by atoms with van der Waals surface area (Å²) in [6, 6.07) is 16.3. The first-order chi connectivity index (χ1) is 17.6. The van der Waals surface area contributed by atoms with E-state index in [1.165, 1.54) is 0 Å². The minimum absolute atomic E-state index is 0.0866. The van der Waals surface area contributed by atoms with Crippen molar-refractivity contribution in [3.05, 3.63) is 75.0 Å². The number of aromatic amines is 2. The van der Waals surface area contributed by atoms with E-state index in [1.54, 1.807) is 4.57 Å². The summed E-state index contributed by atoms with van der Waals surface area (Å²) in [5.74, 6) is 1.45. The largest absolute Gasteiger partial charge is 0.318 e. The smallest absolute Gasteiger partial charge is 0.280 e. The molecule has 0 radical (unpaired) electrons. The number of fused-ring (bicyclic) bond motifs is 1. The molecule has 0 aliphatic rings. The highest BCUT2D eigenvalue weighted by Crippen LogP contribution is 2.30. The SMILES string of the molecule is CCCCc1nc2[nH]c(=S)n(CCC)c(=O)c2n1Cc1ccc(-c2ccccc2-c2nn[nH]n2)cc1. The molecule has 0 saturated carbocycles. The van der Waals surface area contributed by atoms with Crippen molar-refractivity contribution in [3.63, 3.8) is 0 Å². The van der Waals surface area contributed by atoms with Crippen molar-refractivity contribution in [3.8, 4) is 22.5 Å². The molecule has 5 aromatic rings. The Kier molecular flexibility index (Phi) is 6.86. The third-order valence-electron chi connectivity index (χ3n) is 6.28. The Hall–Kier alpha value is -3.92. The Morgan fingerprint density at radius 3 is 2.44 bits per heavy atom. The van der Waals surface area contributed by atoms with Crippen LogP contribution < -0.4 is 5.56 Å². The Balaban J connectivity index is 1.54. The van der Waals surface area contributed by atoms with Crippen LogP contribution >= 0.6 is 12.2 Å². The Morgan fingerprint density at radius 1 is 0.972 bits per heavy atom. The molecule has 2 aromatic carbocycles. The summed E-state index contributed by atoms with van der Waals surface area (Å²) in [6.45, 7) is 5.32. The lowest BCUT2D eigenvalue weighted by Gasteiger charge is -2.12. The molecule has 0 unspecified atom stereocenters. The molecule has 0 spiro atoms. The quantitative estimate of drug-likeness (QED) is 0.279. The maximum atomic E-state index is 13.4. The molecule has 184 valence electrons. The molecular formula is C26H28N8OS. The maximum absolute atomic E-state index is 13.4. The average Bonchev–Trinajstić information content (AvgIpc) is 3.54. The van der Waals surface area contributed by atoms with Gasteiger partial charge < -0.3 is 9.55 Å². The second-order valence-electron chi connectivity index (χ2n) is 8.78. The molecule has 3 aromatic heterocycles. The van der Waals surface area contributed by atoms with E-state index in [0.717, 1.165) is 53.8 Å². The van der Waals surface area contributed by atoms with Crippen LogP contribution in [0.3, 0.4) is 0 Å². The van der Waals surface area contributed by atoms with Crippen LogP contribution in [0.4, 0.5) is 0 Å². The van der Waals surface area contributed by atoms with Gasteiger partial charge in [0.1, 0.15) is 5.82 Å². The van der Waals surface area contributed by atoms with E-state index < -0.39 is 0 Å². The van der Waals surface area contributed by atoms with E-state index in [-0.39, 0.29) is 5.56 Å². The molecule has 36 heavy (non-hydrogen) atoms. The Morgan fingerprint density at radius 2 is 1.75 bits per heavy atom. The topological polar surface area (TPSA) is 110 Å². The molecule has 0 saturated heterocycles. The van der Waals surface area contributed by atoms with Crippen LogP contribution in [0.1, 0.15) is 44.5 Å². The number of imidazole rings is 1. The van der Waals surface area contributed by atoms with Gasteiger partial charge in [-0.05, 0) is 47.0 Å². The van der Waals surface area contributed by atoms with Crippen molar-refractivity contribution < 1.29 is 0 Å². The van der Waals surface area contributed by atoms with Crippen molar-refractivity contribution in [1.29, 1.82) is 0 Å². The monoisotopic (exact) mass is 500 g/mol. The van der Waals surface area contributed by atoms with Gasteiger partial charge in [0.15, 0.2) is 15.9 Å². The number of rotatable bonds is 9. The van der Waals surface area contributed by atoms with Gasteiger partial charge in [-0.1, -0.05) is 68.8 Å². The van der Waals surface area contributed by atoms with Crippen molar-refractivity contribution in [2.75, 3.05) is 0 Å². The number of unbranched alkanes of at least 4 members (excludes halogenated alkanes) is 1. The highest BCUT2D eigenvalue weighted by molar-refractivity contribution is 7.71. The number of nitrogens with one attached hydrogen (secondary N) is 2. The van der Waals surface area contributed by atoms with Gasteiger partial charge in [0.2, 0.25) is 5.82 Å². The van der Waals surface area contributed by atoms with Crippen molar-refractivity contribution in [1.82, 2.24) is 39.7 Å². The summed E-state index contributed by atoms with van der Waals surface area (Å²) in [4.78, 5) is 21.4. The molecule has 5 rings (SSSR count). The first-order valence-corrected chi connectivity index (χ1v) is 12.7. The van der Waals surface area contributed by atoms with Crippen molar-refractivity contribution >= 4 is 23.4 Å².